The number of aryl methyl sites for hydroxylation is 1. The van der Waals surface area contributed by atoms with Crippen LogP contribution in [0.4, 0.5) is 0 Å². The maximum absolute atomic E-state index is 5.99. The maximum Gasteiger partial charge on any atom is 0.113 e. The van der Waals surface area contributed by atoms with Gasteiger partial charge in [0.1, 0.15) is 9.34 Å². The van der Waals surface area contributed by atoms with Gasteiger partial charge in [-0.2, -0.15) is 0 Å². The summed E-state index contributed by atoms with van der Waals surface area (Å²) in [6.07, 6.45) is 2.83. The fourth-order valence-electron chi connectivity index (χ4n) is 2.77. The summed E-state index contributed by atoms with van der Waals surface area (Å²) in [5.41, 5.74) is 2.77. The molecule has 1 N–H and O–H groups in total. The van der Waals surface area contributed by atoms with Crippen LogP contribution in [-0.4, -0.2) is 29.5 Å². The average Bonchev–Trinajstić information content (AvgIpc) is 2.93. The van der Waals surface area contributed by atoms with Gasteiger partial charge in [-0.25, -0.2) is 4.98 Å². The molecule has 1 fully saturated rings. The molecular formula is C16H20ClN3S. The molecule has 0 radical (unpaired) electrons. The minimum absolute atomic E-state index is 0.410. The molecule has 112 valence electrons. The molecule has 1 aromatic carbocycles. The van der Waals surface area contributed by atoms with Gasteiger partial charge in [0.25, 0.3) is 0 Å². The van der Waals surface area contributed by atoms with Crippen LogP contribution in [0.5, 0.6) is 0 Å². The standard InChI is InChI=1S/C16H20ClN3S/c1-2-12-3-5-13(6-4-12)14-9-18-7-8-20(14)11-16-19-10-15(17)21-16/h3-6,10,14,18H,2,7-9,11H2,1H3. The highest BCUT2D eigenvalue weighted by Gasteiger charge is 2.24. The Hall–Kier alpha value is -0.940. The molecule has 3 nitrogen and oxygen atoms in total. The molecule has 1 aliphatic heterocycles. The first-order valence-corrected chi connectivity index (χ1v) is 8.59. The van der Waals surface area contributed by atoms with Crippen molar-refractivity contribution in [3.63, 3.8) is 0 Å². The van der Waals surface area contributed by atoms with Crippen LogP contribution in [0.2, 0.25) is 4.34 Å². The summed E-state index contributed by atoms with van der Waals surface area (Å²) >= 11 is 7.57. The van der Waals surface area contributed by atoms with E-state index in [4.69, 9.17) is 11.6 Å². The molecule has 3 rings (SSSR count). The Morgan fingerprint density at radius 3 is 2.86 bits per heavy atom. The smallest absolute Gasteiger partial charge is 0.113 e. The molecule has 0 saturated carbocycles. The molecule has 2 heterocycles. The van der Waals surface area contributed by atoms with Gasteiger partial charge in [-0.3, -0.25) is 4.90 Å². The van der Waals surface area contributed by atoms with E-state index in [-0.39, 0.29) is 0 Å². The van der Waals surface area contributed by atoms with Crippen LogP contribution in [0.25, 0.3) is 0 Å². The van der Waals surface area contributed by atoms with Gasteiger partial charge in [0.05, 0.1) is 12.7 Å². The van der Waals surface area contributed by atoms with Crippen LogP contribution in [-0.2, 0) is 13.0 Å². The van der Waals surface area contributed by atoms with Gasteiger partial charge in [0.2, 0.25) is 0 Å². The van der Waals surface area contributed by atoms with Crippen molar-refractivity contribution in [1.29, 1.82) is 0 Å². The summed E-state index contributed by atoms with van der Waals surface area (Å²) in [5, 5.41) is 4.59. The van der Waals surface area contributed by atoms with E-state index in [1.165, 1.54) is 11.1 Å². The fourth-order valence-corrected chi connectivity index (χ4v) is 3.76. The number of hydrogen-bond acceptors (Lipinski definition) is 4. The zero-order valence-corrected chi connectivity index (χ0v) is 13.8. The topological polar surface area (TPSA) is 28.2 Å². The highest BCUT2D eigenvalue weighted by molar-refractivity contribution is 7.15. The van der Waals surface area contributed by atoms with Crippen molar-refractivity contribution in [3.05, 3.63) is 50.9 Å². The fraction of sp³-hybridized carbons (Fsp3) is 0.438. The van der Waals surface area contributed by atoms with Crippen molar-refractivity contribution in [3.8, 4) is 0 Å². The molecule has 0 amide bonds. The summed E-state index contributed by atoms with van der Waals surface area (Å²) in [5.74, 6) is 0. The van der Waals surface area contributed by atoms with E-state index >= 15 is 0 Å². The lowest BCUT2D eigenvalue weighted by Crippen LogP contribution is -2.45. The van der Waals surface area contributed by atoms with Crippen LogP contribution >= 0.6 is 22.9 Å². The molecule has 1 aliphatic rings. The van der Waals surface area contributed by atoms with Gasteiger partial charge >= 0.3 is 0 Å². The summed E-state index contributed by atoms with van der Waals surface area (Å²) in [4.78, 5) is 6.88. The number of aromatic nitrogens is 1. The number of benzene rings is 1. The van der Waals surface area contributed by atoms with E-state index in [1.54, 1.807) is 17.5 Å². The molecule has 1 saturated heterocycles. The van der Waals surface area contributed by atoms with Crippen molar-refractivity contribution in [2.45, 2.75) is 25.9 Å². The minimum atomic E-state index is 0.410. The number of halogens is 1. The Bertz CT molecular complexity index is 581. The second-order valence-corrected chi connectivity index (χ2v) is 7.09. The molecule has 0 spiro atoms. The number of nitrogens with one attached hydrogen (secondary N) is 1. The third kappa shape index (κ3) is 3.64. The number of rotatable bonds is 4. The van der Waals surface area contributed by atoms with Crippen LogP contribution in [0, 0.1) is 0 Å². The molecule has 1 atom stereocenters. The summed E-state index contributed by atoms with van der Waals surface area (Å²) in [7, 11) is 0. The van der Waals surface area contributed by atoms with Crippen molar-refractivity contribution in [2.24, 2.45) is 0 Å². The highest BCUT2D eigenvalue weighted by atomic mass is 35.5. The average molecular weight is 322 g/mol. The van der Waals surface area contributed by atoms with E-state index in [1.807, 2.05) is 0 Å². The van der Waals surface area contributed by atoms with Gasteiger partial charge in [-0.1, -0.05) is 42.8 Å². The van der Waals surface area contributed by atoms with Crippen LogP contribution in [0.1, 0.15) is 29.1 Å². The summed E-state index contributed by atoms with van der Waals surface area (Å²) in [6.45, 7) is 6.12. The summed E-state index contributed by atoms with van der Waals surface area (Å²) < 4.78 is 0.768. The Labute approximate surface area is 135 Å². The molecule has 5 heteroatoms. The van der Waals surface area contributed by atoms with Gasteiger partial charge in [-0.15, -0.1) is 11.3 Å². The number of thiazole rings is 1. The SMILES string of the molecule is CCc1ccc(C2CNCCN2Cc2ncc(Cl)s2)cc1. The lowest BCUT2D eigenvalue weighted by Gasteiger charge is -2.36. The van der Waals surface area contributed by atoms with E-state index in [0.717, 1.165) is 41.9 Å². The predicted octanol–water partition coefficient (Wildman–Crippen LogP) is 3.51. The quantitative estimate of drug-likeness (QED) is 0.934. The molecule has 0 aliphatic carbocycles. The number of hydrogen-bond donors (Lipinski definition) is 1. The molecule has 21 heavy (non-hydrogen) atoms. The van der Waals surface area contributed by atoms with E-state index in [0.29, 0.717) is 6.04 Å². The van der Waals surface area contributed by atoms with Gasteiger partial charge in [-0.05, 0) is 17.5 Å². The van der Waals surface area contributed by atoms with Crippen molar-refractivity contribution in [2.75, 3.05) is 19.6 Å². The lowest BCUT2D eigenvalue weighted by molar-refractivity contribution is 0.153. The van der Waals surface area contributed by atoms with E-state index in [9.17, 15) is 0 Å². The normalized spacial score (nSPS) is 19.8. The lowest BCUT2D eigenvalue weighted by atomic mass is 10.0. The van der Waals surface area contributed by atoms with Crippen LogP contribution < -0.4 is 5.32 Å². The molecule has 0 bridgehead atoms. The Kier molecular flexibility index (Phi) is 4.91. The number of nitrogens with zero attached hydrogens (tertiary/aromatic N) is 2. The largest absolute Gasteiger partial charge is 0.314 e. The van der Waals surface area contributed by atoms with Crippen molar-refractivity contribution < 1.29 is 0 Å². The predicted molar refractivity (Wildman–Crippen MR) is 89.0 cm³/mol. The van der Waals surface area contributed by atoms with Gasteiger partial charge in [0.15, 0.2) is 0 Å². The first-order chi connectivity index (χ1) is 10.3. The van der Waals surface area contributed by atoms with Crippen molar-refractivity contribution in [1.82, 2.24) is 15.2 Å². The molecular weight excluding hydrogens is 302 g/mol. The van der Waals surface area contributed by atoms with E-state index < -0.39 is 0 Å². The molecule has 2 aromatic rings. The first-order valence-electron chi connectivity index (χ1n) is 7.40. The van der Waals surface area contributed by atoms with Crippen LogP contribution in [0.15, 0.2) is 30.5 Å². The Balaban J connectivity index is 1.76. The zero-order chi connectivity index (χ0) is 14.7. The third-order valence-electron chi connectivity index (χ3n) is 3.99. The Morgan fingerprint density at radius 1 is 1.38 bits per heavy atom. The summed E-state index contributed by atoms with van der Waals surface area (Å²) in [6, 6.07) is 9.41. The van der Waals surface area contributed by atoms with Gasteiger partial charge in [0, 0.05) is 25.7 Å². The van der Waals surface area contributed by atoms with Crippen molar-refractivity contribution >= 4 is 22.9 Å². The molecule has 1 unspecified atom stereocenters. The number of piperazine rings is 1. The maximum atomic E-state index is 5.99. The Morgan fingerprint density at radius 2 is 2.19 bits per heavy atom. The zero-order valence-electron chi connectivity index (χ0n) is 12.2. The third-order valence-corrected chi connectivity index (χ3v) is 5.09. The minimum Gasteiger partial charge on any atom is -0.314 e. The second kappa shape index (κ2) is 6.88. The first kappa shape index (κ1) is 15.0. The highest BCUT2D eigenvalue weighted by Crippen LogP contribution is 2.27. The van der Waals surface area contributed by atoms with Gasteiger partial charge < -0.3 is 5.32 Å². The monoisotopic (exact) mass is 321 g/mol. The second-order valence-electron chi connectivity index (χ2n) is 5.34. The van der Waals surface area contributed by atoms with Crippen LogP contribution in [0.3, 0.4) is 0 Å². The molecule has 1 aromatic heterocycles. The van der Waals surface area contributed by atoms with E-state index in [2.05, 4.69) is 46.4 Å².